The van der Waals surface area contributed by atoms with Gasteiger partial charge in [0.1, 0.15) is 5.75 Å². The van der Waals surface area contributed by atoms with Gasteiger partial charge in [-0.05, 0) is 62.5 Å². The number of rotatable bonds is 10. The van der Waals surface area contributed by atoms with Crippen molar-refractivity contribution >= 4 is 11.7 Å². The Bertz CT molecular complexity index is 1010. The SMILES string of the molecule is CCCO[C@H](C(=O)O)c1c(C)ncc(-c2ccc(OCC3CCC3)cn2)c1N1CCC(C)(C)CC1. The first kappa shape index (κ1) is 25.4. The van der Waals surface area contributed by atoms with E-state index in [2.05, 4.69) is 23.7 Å². The van der Waals surface area contributed by atoms with E-state index in [0.29, 0.717) is 23.8 Å². The fraction of sp³-hybridized carbons (Fsp3) is 0.607. The van der Waals surface area contributed by atoms with Crippen molar-refractivity contribution in [1.29, 1.82) is 0 Å². The molecule has 1 saturated carbocycles. The number of piperidine rings is 1. The molecule has 1 saturated heterocycles. The molecular weight excluding hydrogens is 442 g/mol. The lowest BCUT2D eigenvalue weighted by atomic mass is 9.82. The predicted molar refractivity (Wildman–Crippen MR) is 137 cm³/mol. The molecule has 0 radical (unpaired) electrons. The molecule has 2 aromatic rings. The number of aliphatic carboxylic acids is 1. The van der Waals surface area contributed by atoms with Crippen LogP contribution in [-0.4, -0.2) is 47.3 Å². The maximum absolute atomic E-state index is 12.3. The molecule has 0 aromatic carbocycles. The molecule has 3 heterocycles. The Morgan fingerprint density at radius 1 is 1.20 bits per heavy atom. The average molecular weight is 482 g/mol. The minimum Gasteiger partial charge on any atom is -0.492 e. The van der Waals surface area contributed by atoms with Gasteiger partial charge >= 0.3 is 5.97 Å². The second-order valence-corrected chi connectivity index (χ2v) is 10.7. The molecule has 1 N–H and O–H groups in total. The molecule has 2 fully saturated rings. The summed E-state index contributed by atoms with van der Waals surface area (Å²) in [4.78, 5) is 24.0. The Morgan fingerprint density at radius 2 is 1.94 bits per heavy atom. The van der Waals surface area contributed by atoms with Crippen LogP contribution in [0.3, 0.4) is 0 Å². The van der Waals surface area contributed by atoms with Crippen molar-refractivity contribution in [2.45, 2.75) is 72.3 Å². The predicted octanol–water partition coefficient (Wildman–Crippen LogP) is 5.81. The van der Waals surface area contributed by atoms with Gasteiger partial charge in [-0.1, -0.05) is 27.2 Å². The van der Waals surface area contributed by atoms with Gasteiger partial charge in [0.25, 0.3) is 0 Å². The van der Waals surface area contributed by atoms with E-state index in [-0.39, 0.29) is 5.41 Å². The highest BCUT2D eigenvalue weighted by Gasteiger charge is 2.34. The minimum absolute atomic E-state index is 0.265. The lowest BCUT2D eigenvalue weighted by molar-refractivity contribution is -0.150. The molecule has 7 nitrogen and oxygen atoms in total. The van der Waals surface area contributed by atoms with Crippen LogP contribution in [0.5, 0.6) is 5.75 Å². The van der Waals surface area contributed by atoms with Crippen molar-refractivity contribution in [3.05, 3.63) is 35.8 Å². The highest BCUT2D eigenvalue weighted by atomic mass is 16.5. The number of nitrogens with zero attached hydrogens (tertiary/aromatic N) is 3. The van der Waals surface area contributed by atoms with Crippen LogP contribution in [0, 0.1) is 18.3 Å². The zero-order valence-electron chi connectivity index (χ0n) is 21.5. The first-order chi connectivity index (χ1) is 16.8. The number of anilines is 1. The molecule has 190 valence electrons. The molecule has 7 heteroatoms. The number of hydrogen-bond acceptors (Lipinski definition) is 6. The summed E-state index contributed by atoms with van der Waals surface area (Å²) >= 11 is 0. The van der Waals surface area contributed by atoms with Crippen LogP contribution in [0.15, 0.2) is 24.5 Å². The Balaban J connectivity index is 1.72. The van der Waals surface area contributed by atoms with Crippen molar-refractivity contribution in [2.75, 3.05) is 31.2 Å². The summed E-state index contributed by atoms with van der Waals surface area (Å²) in [5, 5.41) is 10.1. The molecule has 4 rings (SSSR count). The van der Waals surface area contributed by atoms with Gasteiger partial charge in [0.05, 0.1) is 24.2 Å². The molecule has 35 heavy (non-hydrogen) atoms. The number of aryl methyl sites for hydroxylation is 1. The third-order valence-electron chi connectivity index (χ3n) is 7.42. The number of aromatic nitrogens is 2. The van der Waals surface area contributed by atoms with E-state index in [1.165, 1.54) is 19.3 Å². The summed E-state index contributed by atoms with van der Waals surface area (Å²) in [6, 6.07) is 3.90. The third kappa shape index (κ3) is 5.95. The number of ether oxygens (including phenoxy) is 2. The monoisotopic (exact) mass is 481 g/mol. The Morgan fingerprint density at radius 3 is 2.51 bits per heavy atom. The Labute approximate surface area is 208 Å². The molecular formula is C28H39N3O4. The molecule has 1 atom stereocenters. The normalized spacial score (nSPS) is 18.7. The van der Waals surface area contributed by atoms with Crippen molar-refractivity contribution in [3.8, 4) is 17.0 Å². The number of pyridine rings is 2. The topological polar surface area (TPSA) is 84.8 Å². The standard InChI is InChI=1S/C28H39N3O4/c1-5-15-34-26(27(32)33)24-19(2)29-17-22(25(24)31-13-11-28(3,4)12-14-31)23-10-9-21(16-30-23)35-18-20-7-6-8-20/h9-10,16-17,20,26H,5-8,11-15,18H2,1-4H3,(H,32,33)/t26-/m0/s1. The number of hydrogen-bond donors (Lipinski definition) is 1. The van der Waals surface area contributed by atoms with Crippen molar-refractivity contribution < 1.29 is 19.4 Å². The third-order valence-corrected chi connectivity index (χ3v) is 7.42. The van der Waals surface area contributed by atoms with E-state index < -0.39 is 12.1 Å². The summed E-state index contributed by atoms with van der Waals surface area (Å²) in [6.07, 6.45) is 9.09. The first-order valence-corrected chi connectivity index (χ1v) is 13.0. The Kier molecular flexibility index (Phi) is 7.95. The molecule has 2 aliphatic rings. The maximum atomic E-state index is 12.3. The van der Waals surface area contributed by atoms with Crippen LogP contribution in [0.25, 0.3) is 11.3 Å². The van der Waals surface area contributed by atoms with E-state index in [0.717, 1.165) is 61.7 Å². The highest BCUT2D eigenvalue weighted by Crippen LogP contribution is 2.42. The van der Waals surface area contributed by atoms with Crippen molar-refractivity contribution in [3.63, 3.8) is 0 Å². The second kappa shape index (κ2) is 10.9. The molecule has 0 bridgehead atoms. The molecule has 0 unspecified atom stereocenters. The summed E-state index contributed by atoms with van der Waals surface area (Å²) in [7, 11) is 0. The fourth-order valence-electron chi connectivity index (χ4n) is 4.80. The highest BCUT2D eigenvalue weighted by molar-refractivity contribution is 5.85. The van der Waals surface area contributed by atoms with Crippen molar-refractivity contribution in [1.82, 2.24) is 9.97 Å². The largest absolute Gasteiger partial charge is 0.492 e. The van der Waals surface area contributed by atoms with E-state index in [4.69, 9.17) is 14.5 Å². The first-order valence-electron chi connectivity index (χ1n) is 13.0. The van der Waals surface area contributed by atoms with Crippen LogP contribution in [-0.2, 0) is 9.53 Å². The molecule has 1 aliphatic heterocycles. The van der Waals surface area contributed by atoms with Crippen LogP contribution < -0.4 is 9.64 Å². The van der Waals surface area contributed by atoms with Crippen LogP contribution >= 0.6 is 0 Å². The van der Waals surface area contributed by atoms with Crippen LogP contribution in [0.1, 0.15) is 76.7 Å². The van der Waals surface area contributed by atoms with E-state index in [1.54, 1.807) is 6.20 Å². The van der Waals surface area contributed by atoms with E-state index >= 15 is 0 Å². The van der Waals surface area contributed by atoms with Gasteiger partial charge in [0.2, 0.25) is 0 Å². The second-order valence-electron chi connectivity index (χ2n) is 10.7. The molecule has 2 aromatic heterocycles. The number of carboxylic acid groups (broad SMARTS) is 1. The zero-order valence-corrected chi connectivity index (χ0v) is 21.5. The van der Waals surface area contributed by atoms with Gasteiger partial charge in [0.15, 0.2) is 6.10 Å². The van der Waals surface area contributed by atoms with Gasteiger partial charge in [-0.25, -0.2) is 4.79 Å². The number of carbonyl (C=O) groups is 1. The number of carboxylic acids is 1. The van der Waals surface area contributed by atoms with Crippen molar-refractivity contribution in [2.24, 2.45) is 11.3 Å². The summed E-state index contributed by atoms with van der Waals surface area (Å²) < 4.78 is 11.8. The summed E-state index contributed by atoms with van der Waals surface area (Å²) in [5.41, 5.74) is 4.05. The van der Waals surface area contributed by atoms with Gasteiger partial charge in [-0.3, -0.25) is 9.97 Å². The summed E-state index contributed by atoms with van der Waals surface area (Å²) in [5.74, 6) is 0.424. The van der Waals surface area contributed by atoms with Crippen LogP contribution in [0.2, 0.25) is 0 Å². The minimum atomic E-state index is -1.07. The van der Waals surface area contributed by atoms with E-state index in [9.17, 15) is 9.90 Å². The van der Waals surface area contributed by atoms with Gasteiger partial charge in [-0.2, -0.15) is 0 Å². The average Bonchev–Trinajstić information content (AvgIpc) is 2.79. The quantitative estimate of drug-likeness (QED) is 0.458. The molecule has 0 spiro atoms. The zero-order chi connectivity index (χ0) is 25.0. The van der Waals surface area contributed by atoms with Gasteiger partial charge < -0.3 is 19.5 Å². The molecule has 0 amide bonds. The van der Waals surface area contributed by atoms with Gasteiger partial charge in [-0.15, -0.1) is 0 Å². The Hall–Kier alpha value is -2.67. The van der Waals surface area contributed by atoms with E-state index in [1.807, 2.05) is 32.2 Å². The smallest absolute Gasteiger partial charge is 0.337 e. The summed E-state index contributed by atoms with van der Waals surface area (Å²) in [6.45, 7) is 11.2. The lowest BCUT2D eigenvalue weighted by Gasteiger charge is -2.40. The van der Waals surface area contributed by atoms with Crippen LogP contribution in [0.4, 0.5) is 5.69 Å². The maximum Gasteiger partial charge on any atom is 0.337 e. The van der Waals surface area contributed by atoms with Gasteiger partial charge in [0, 0.05) is 42.7 Å². The fourth-order valence-corrected chi connectivity index (χ4v) is 4.80. The lowest BCUT2D eigenvalue weighted by Crippen LogP contribution is -2.39. The molecule has 1 aliphatic carbocycles.